The average Bonchev–Trinajstić information content (AvgIpc) is 2.35. The van der Waals surface area contributed by atoms with Crippen molar-refractivity contribution in [1.29, 1.82) is 0 Å². The Labute approximate surface area is 94.4 Å². The molecule has 0 radical (unpaired) electrons. The highest BCUT2D eigenvalue weighted by molar-refractivity contribution is 5.90. The molecule has 0 saturated heterocycles. The Hall–Kier alpha value is -1.97. The van der Waals surface area contributed by atoms with Crippen LogP contribution in [0.15, 0.2) is 30.3 Å². The van der Waals surface area contributed by atoms with Gasteiger partial charge in [0, 0.05) is 0 Å². The standard InChI is InChI=1S/C12H14O4/c1-14-10-7-5-4-6-9(10)11(15-2)8-12(13)16-3/h4-8H,1-3H3/b11-8+. The third kappa shape index (κ3) is 2.76. The summed E-state index contributed by atoms with van der Waals surface area (Å²) in [5.74, 6) is 0.576. The van der Waals surface area contributed by atoms with Gasteiger partial charge in [0.05, 0.1) is 33.0 Å². The van der Waals surface area contributed by atoms with E-state index in [1.165, 1.54) is 20.3 Å². The molecule has 4 nitrogen and oxygen atoms in total. The Morgan fingerprint density at radius 3 is 2.38 bits per heavy atom. The molecule has 0 fully saturated rings. The lowest BCUT2D eigenvalue weighted by Gasteiger charge is -2.10. The fourth-order valence-corrected chi connectivity index (χ4v) is 1.26. The van der Waals surface area contributed by atoms with Crippen molar-refractivity contribution in [2.45, 2.75) is 0 Å². The van der Waals surface area contributed by atoms with E-state index in [0.29, 0.717) is 17.1 Å². The van der Waals surface area contributed by atoms with Gasteiger partial charge in [-0.1, -0.05) is 12.1 Å². The maximum atomic E-state index is 11.1. The molecule has 1 aromatic rings. The van der Waals surface area contributed by atoms with Gasteiger partial charge in [-0.05, 0) is 12.1 Å². The summed E-state index contributed by atoms with van der Waals surface area (Å²) in [6.45, 7) is 0. The molecule has 16 heavy (non-hydrogen) atoms. The second-order valence-corrected chi connectivity index (χ2v) is 2.94. The van der Waals surface area contributed by atoms with Crippen molar-refractivity contribution in [3.05, 3.63) is 35.9 Å². The molecule has 0 atom stereocenters. The van der Waals surface area contributed by atoms with Crippen molar-refractivity contribution in [3.63, 3.8) is 0 Å². The second-order valence-electron chi connectivity index (χ2n) is 2.94. The summed E-state index contributed by atoms with van der Waals surface area (Å²) in [4.78, 5) is 11.1. The van der Waals surface area contributed by atoms with Crippen molar-refractivity contribution in [3.8, 4) is 5.75 Å². The predicted molar refractivity (Wildman–Crippen MR) is 60.0 cm³/mol. The van der Waals surface area contributed by atoms with Crippen molar-refractivity contribution in [1.82, 2.24) is 0 Å². The van der Waals surface area contributed by atoms with E-state index in [1.807, 2.05) is 12.1 Å². The van der Waals surface area contributed by atoms with Gasteiger partial charge in [0.1, 0.15) is 11.5 Å². The van der Waals surface area contributed by atoms with Gasteiger partial charge in [-0.15, -0.1) is 0 Å². The molecule has 0 unspecified atom stereocenters. The van der Waals surface area contributed by atoms with Crippen LogP contribution in [0.1, 0.15) is 5.56 Å². The van der Waals surface area contributed by atoms with Gasteiger partial charge < -0.3 is 14.2 Å². The lowest BCUT2D eigenvalue weighted by atomic mass is 10.1. The van der Waals surface area contributed by atoms with Crippen LogP contribution in [-0.2, 0) is 14.3 Å². The molecule has 0 saturated carbocycles. The molecule has 0 aromatic heterocycles. The number of hydrogen-bond acceptors (Lipinski definition) is 4. The van der Waals surface area contributed by atoms with Gasteiger partial charge in [0.15, 0.2) is 0 Å². The van der Waals surface area contributed by atoms with Crippen LogP contribution in [-0.4, -0.2) is 27.3 Å². The Bertz CT molecular complexity index is 396. The molecule has 4 heteroatoms. The number of rotatable bonds is 4. The minimum Gasteiger partial charge on any atom is -0.496 e. The minimum absolute atomic E-state index is 0.407. The molecule has 0 heterocycles. The molecule has 0 spiro atoms. The summed E-state index contributed by atoms with van der Waals surface area (Å²) in [6, 6.07) is 7.27. The Morgan fingerprint density at radius 1 is 1.12 bits per heavy atom. The third-order valence-electron chi connectivity index (χ3n) is 2.04. The first kappa shape index (κ1) is 12.1. The lowest BCUT2D eigenvalue weighted by Crippen LogP contribution is -1.99. The van der Waals surface area contributed by atoms with Crippen LogP contribution < -0.4 is 4.74 Å². The minimum atomic E-state index is -0.470. The predicted octanol–water partition coefficient (Wildman–Crippen LogP) is 1.86. The third-order valence-corrected chi connectivity index (χ3v) is 2.04. The van der Waals surface area contributed by atoms with E-state index in [0.717, 1.165) is 0 Å². The Morgan fingerprint density at radius 2 is 1.81 bits per heavy atom. The van der Waals surface area contributed by atoms with Crippen molar-refractivity contribution >= 4 is 11.7 Å². The van der Waals surface area contributed by atoms with E-state index in [2.05, 4.69) is 4.74 Å². The van der Waals surface area contributed by atoms with Gasteiger partial charge in [0.25, 0.3) is 0 Å². The van der Waals surface area contributed by atoms with Crippen molar-refractivity contribution in [2.75, 3.05) is 21.3 Å². The summed E-state index contributed by atoms with van der Waals surface area (Å²) in [6.07, 6.45) is 1.28. The summed E-state index contributed by atoms with van der Waals surface area (Å²) in [7, 11) is 4.36. The van der Waals surface area contributed by atoms with Gasteiger partial charge in [0.2, 0.25) is 0 Å². The molecule has 0 aliphatic heterocycles. The summed E-state index contributed by atoms with van der Waals surface area (Å²) in [5.41, 5.74) is 0.706. The number of para-hydroxylation sites is 1. The zero-order valence-electron chi connectivity index (χ0n) is 9.52. The molecular formula is C12H14O4. The van der Waals surface area contributed by atoms with Crippen LogP contribution in [0.5, 0.6) is 5.75 Å². The zero-order valence-corrected chi connectivity index (χ0v) is 9.52. The quantitative estimate of drug-likeness (QED) is 0.443. The average molecular weight is 222 g/mol. The van der Waals surface area contributed by atoms with Crippen LogP contribution in [0.3, 0.4) is 0 Å². The maximum absolute atomic E-state index is 11.1. The summed E-state index contributed by atoms with van der Waals surface area (Å²) < 4.78 is 14.8. The van der Waals surface area contributed by atoms with Gasteiger partial charge in [-0.25, -0.2) is 4.79 Å². The number of hydrogen-bond donors (Lipinski definition) is 0. The van der Waals surface area contributed by atoms with Crippen LogP contribution in [0.4, 0.5) is 0 Å². The van der Waals surface area contributed by atoms with Crippen molar-refractivity contribution in [2.24, 2.45) is 0 Å². The number of carbonyl (C=O) groups is 1. The monoisotopic (exact) mass is 222 g/mol. The molecule has 1 rings (SSSR count). The van der Waals surface area contributed by atoms with E-state index in [9.17, 15) is 4.79 Å². The number of ether oxygens (including phenoxy) is 3. The molecule has 0 amide bonds. The normalized spacial score (nSPS) is 10.8. The summed E-state index contributed by atoms with van der Waals surface area (Å²) in [5, 5.41) is 0. The van der Waals surface area contributed by atoms with E-state index >= 15 is 0 Å². The molecule has 0 aliphatic carbocycles. The SMILES string of the molecule is COC(=O)/C=C(/OC)c1ccccc1OC. The highest BCUT2D eigenvalue weighted by atomic mass is 16.5. The molecule has 1 aromatic carbocycles. The first-order valence-electron chi connectivity index (χ1n) is 4.70. The van der Waals surface area contributed by atoms with Crippen LogP contribution in [0, 0.1) is 0 Å². The van der Waals surface area contributed by atoms with E-state index in [-0.39, 0.29) is 0 Å². The lowest BCUT2D eigenvalue weighted by molar-refractivity contribution is -0.134. The summed E-state index contributed by atoms with van der Waals surface area (Å²) >= 11 is 0. The first-order chi connectivity index (χ1) is 7.72. The smallest absolute Gasteiger partial charge is 0.334 e. The highest BCUT2D eigenvalue weighted by Crippen LogP contribution is 2.25. The van der Waals surface area contributed by atoms with E-state index in [4.69, 9.17) is 9.47 Å². The molecule has 0 aliphatic rings. The van der Waals surface area contributed by atoms with E-state index < -0.39 is 5.97 Å². The fourth-order valence-electron chi connectivity index (χ4n) is 1.26. The van der Waals surface area contributed by atoms with Gasteiger partial charge in [-0.2, -0.15) is 0 Å². The van der Waals surface area contributed by atoms with Crippen LogP contribution in [0.25, 0.3) is 5.76 Å². The maximum Gasteiger partial charge on any atom is 0.334 e. The number of methoxy groups -OCH3 is 3. The highest BCUT2D eigenvalue weighted by Gasteiger charge is 2.10. The largest absolute Gasteiger partial charge is 0.496 e. The second kappa shape index (κ2) is 5.80. The molecule has 86 valence electrons. The van der Waals surface area contributed by atoms with Gasteiger partial charge in [-0.3, -0.25) is 0 Å². The Kier molecular flexibility index (Phi) is 4.39. The van der Waals surface area contributed by atoms with Gasteiger partial charge >= 0.3 is 5.97 Å². The molecule has 0 N–H and O–H groups in total. The Balaban J connectivity index is 3.13. The fraction of sp³-hybridized carbons (Fsp3) is 0.250. The number of benzene rings is 1. The number of carbonyl (C=O) groups excluding carboxylic acids is 1. The van der Waals surface area contributed by atoms with Crippen LogP contribution >= 0.6 is 0 Å². The van der Waals surface area contributed by atoms with Crippen molar-refractivity contribution < 1.29 is 19.0 Å². The number of esters is 1. The molecule has 0 bridgehead atoms. The topological polar surface area (TPSA) is 44.8 Å². The first-order valence-corrected chi connectivity index (χ1v) is 4.70. The van der Waals surface area contributed by atoms with E-state index in [1.54, 1.807) is 19.2 Å². The van der Waals surface area contributed by atoms with Crippen LogP contribution in [0.2, 0.25) is 0 Å². The molecular weight excluding hydrogens is 208 g/mol. The zero-order chi connectivity index (χ0) is 12.0.